The number of rotatable bonds is 5. The molecule has 0 atom stereocenters. The van der Waals surface area contributed by atoms with E-state index in [4.69, 9.17) is 4.74 Å². The summed E-state index contributed by atoms with van der Waals surface area (Å²) in [5, 5.41) is 1.01. The zero-order chi connectivity index (χ0) is 10.4. The Morgan fingerprint density at radius 3 is 2.86 bits per heavy atom. The summed E-state index contributed by atoms with van der Waals surface area (Å²) in [6.45, 7) is 5.13. The van der Waals surface area contributed by atoms with Gasteiger partial charge in [-0.25, -0.2) is 4.98 Å². The molecule has 3 heteroatoms. The molecule has 0 radical (unpaired) electrons. The molecular weight excluding hydrogens is 194 g/mol. The predicted octanol–water partition coefficient (Wildman–Crippen LogP) is 3.23. The highest BCUT2D eigenvalue weighted by Crippen LogP contribution is 2.15. The maximum Gasteiger partial charge on any atom is 0.214 e. The molecule has 0 bridgehead atoms. The van der Waals surface area contributed by atoms with E-state index in [9.17, 15) is 0 Å². The molecule has 2 nitrogen and oxygen atoms in total. The van der Waals surface area contributed by atoms with Crippen molar-refractivity contribution in [1.82, 2.24) is 4.98 Å². The molecule has 0 unspecified atom stereocenters. The van der Waals surface area contributed by atoms with Crippen LogP contribution < -0.4 is 4.74 Å². The van der Waals surface area contributed by atoms with Crippen molar-refractivity contribution < 1.29 is 4.74 Å². The topological polar surface area (TPSA) is 22.1 Å². The lowest BCUT2D eigenvalue weighted by Gasteiger charge is -2.07. The molecule has 0 spiro atoms. The van der Waals surface area contributed by atoms with Crippen LogP contribution in [0.3, 0.4) is 0 Å². The summed E-state index contributed by atoms with van der Waals surface area (Å²) in [5.41, 5.74) is 0. The average Bonchev–Trinajstić information content (AvgIpc) is 2.18. The minimum absolute atomic E-state index is 0.679. The molecule has 1 rings (SSSR count). The number of thioether (sulfide) groups is 1. The van der Waals surface area contributed by atoms with Crippen molar-refractivity contribution in [2.75, 3.05) is 12.9 Å². The van der Waals surface area contributed by atoms with Crippen molar-refractivity contribution in [3.8, 4) is 5.88 Å². The Morgan fingerprint density at radius 2 is 2.21 bits per heavy atom. The third kappa shape index (κ3) is 4.01. The van der Waals surface area contributed by atoms with E-state index in [1.807, 2.05) is 24.5 Å². The van der Waals surface area contributed by atoms with E-state index in [2.05, 4.69) is 18.8 Å². The second-order valence-corrected chi connectivity index (χ2v) is 4.38. The fourth-order valence-corrected chi connectivity index (χ4v) is 1.39. The maximum absolute atomic E-state index is 5.53. The first-order chi connectivity index (χ1) is 6.72. The third-order valence-corrected chi connectivity index (χ3v) is 2.50. The molecular formula is C11H17NOS. The van der Waals surface area contributed by atoms with E-state index < -0.39 is 0 Å². The molecule has 0 aliphatic carbocycles. The Morgan fingerprint density at radius 1 is 1.43 bits per heavy atom. The van der Waals surface area contributed by atoms with Gasteiger partial charge in [0, 0.05) is 6.07 Å². The van der Waals surface area contributed by atoms with Crippen LogP contribution in [0.2, 0.25) is 0 Å². The summed E-state index contributed by atoms with van der Waals surface area (Å²) >= 11 is 1.63. The molecule has 1 aromatic heterocycles. The van der Waals surface area contributed by atoms with Gasteiger partial charge in [-0.3, -0.25) is 0 Å². The SMILES string of the molecule is CSc1cccc(OCCC(C)C)n1. The van der Waals surface area contributed by atoms with Gasteiger partial charge in [0.25, 0.3) is 0 Å². The fourth-order valence-electron chi connectivity index (χ4n) is 0.989. The third-order valence-electron chi connectivity index (χ3n) is 1.85. The van der Waals surface area contributed by atoms with Crippen LogP contribution >= 0.6 is 11.8 Å². The van der Waals surface area contributed by atoms with Gasteiger partial charge in [-0.05, 0) is 24.7 Å². The Balaban J connectivity index is 2.42. The van der Waals surface area contributed by atoms with Gasteiger partial charge in [0.2, 0.25) is 5.88 Å². The Kier molecular flexibility index (Phi) is 4.80. The summed E-state index contributed by atoms with van der Waals surface area (Å²) in [6, 6.07) is 5.86. The van der Waals surface area contributed by atoms with Crippen molar-refractivity contribution in [3.63, 3.8) is 0 Å². The summed E-state index contributed by atoms with van der Waals surface area (Å²) in [6.07, 6.45) is 3.09. The first-order valence-electron chi connectivity index (χ1n) is 4.86. The molecule has 14 heavy (non-hydrogen) atoms. The molecule has 1 aromatic rings. The van der Waals surface area contributed by atoms with Crippen LogP contribution in [0.5, 0.6) is 5.88 Å². The number of ether oxygens (including phenoxy) is 1. The van der Waals surface area contributed by atoms with Gasteiger partial charge in [-0.15, -0.1) is 11.8 Å². The van der Waals surface area contributed by atoms with Gasteiger partial charge in [0.1, 0.15) is 0 Å². The van der Waals surface area contributed by atoms with Crippen LogP contribution in [0.1, 0.15) is 20.3 Å². The van der Waals surface area contributed by atoms with Crippen LogP contribution in [0, 0.1) is 5.92 Å². The van der Waals surface area contributed by atoms with Gasteiger partial charge >= 0.3 is 0 Å². The van der Waals surface area contributed by atoms with Crippen LogP contribution in [0.25, 0.3) is 0 Å². The van der Waals surface area contributed by atoms with E-state index in [0.29, 0.717) is 5.92 Å². The molecule has 0 fully saturated rings. The average molecular weight is 211 g/mol. The molecule has 1 heterocycles. The Bertz CT molecular complexity index is 276. The van der Waals surface area contributed by atoms with Crippen LogP contribution in [-0.2, 0) is 0 Å². The second-order valence-electron chi connectivity index (χ2n) is 3.55. The highest BCUT2D eigenvalue weighted by Gasteiger charge is 1.98. The predicted molar refractivity (Wildman–Crippen MR) is 61.0 cm³/mol. The van der Waals surface area contributed by atoms with Gasteiger partial charge in [-0.1, -0.05) is 19.9 Å². The van der Waals surface area contributed by atoms with E-state index in [1.54, 1.807) is 11.8 Å². The van der Waals surface area contributed by atoms with Crippen molar-refractivity contribution in [3.05, 3.63) is 18.2 Å². The van der Waals surface area contributed by atoms with Gasteiger partial charge in [0.15, 0.2) is 0 Å². The lowest BCUT2D eigenvalue weighted by atomic mass is 10.1. The monoisotopic (exact) mass is 211 g/mol. The van der Waals surface area contributed by atoms with E-state index in [1.165, 1.54) is 0 Å². The molecule has 78 valence electrons. The smallest absolute Gasteiger partial charge is 0.214 e. The minimum atomic E-state index is 0.679. The number of aromatic nitrogens is 1. The van der Waals surface area contributed by atoms with Crippen molar-refractivity contribution in [1.29, 1.82) is 0 Å². The van der Waals surface area contributed by atoms with Crippen LogP contribution in [-0.4, -0.2) is 17.8 Å². The standard InChI is InChI=1S/C11H17NOS/c1-9(2)7-8-13-10-5-4-6-11(12-10)14-3/h4-6,9H,7-8H2,1-3H3. The Labute approximate surface area is 90.1 Å². The fraction of sp³-hybridized carbons (Fsp3) is 0.545. The van der Waals surface area contributed by atoms with Crippen molar-refractivity contribution in [2.45, 2.75) is 25.3 Å². The molecule has 0 amide bonds. The normalized spacial score (nSPS) is 10.6. The van der Waals surface area contributed by atoms with Crippen LogP contribution in [0.4, 0.5) is 0 Å². The molecule has 0 saturated heterocycles. The number of hydrogen-bond acceptors (Lipinski definition) is 3. The van der Waals surface area contributed by atoms with E-state index in [0.717, 1.165) is 23.9 Å². The van der Waals surface area contributed by atoms with Crippen molar-refractivity contribution in [2.24, 2.45) is 5.92 Å². The second kappa shape index (κ2) is 5.91. The van der Waals surface area contributed by atoms with E-state index in [-0.39, 0.29) is 0 Å². The van der Waals surface area contributed by atoms with Crippen molar-refractivity contribution >= 4 is 11.8 Å². The molecule has 0 aliphatic heterocycles. The van der Waals surface area contributed by atoms with Gasteiger partial charge in [-0.2, -0.15) is 0 Å². The maximum atomic E-state index is 5.53. The van der Waals surface area contributed by atoms with Gasteiger partial charge in [0.05, 0.1) is 11.6 Å². The van der Waals surface area contributed by atoms with Gasteiger partial charge < -0.3 is 4.74 Å². The Hall–Kier alpha value is -0.700. The van der Waals surface area contributed by atoms with Crippen LogP contribution in [0.15, 0.2) is 23.2 Å². The zero-order valence-electron chi connectivity index (χ0n) is 8.99. The molecule has 0 saturated carbocycles. The molecule has 0 aromatic carbocycles. The summed E-state index contributed by atoms with van der Waals surface area (Å²) in [4.78, 5) is 4.33. The first-order valence-corrected chi connectivity index (χ1v) is 6.08. The lowest BCUT2D eigenvalue weighted by molar-refractivity contribution is 0.277. The number of nitrogens with zero attached hydrogens (tertiary/aromatic N) is 1. The molecule has 0 N–H and O–H groups in total. The zero-order valence-corrected chi connectivity index (χ0v) is 9.80. The minimum Gasteiger partial charge on any atom is -0.478 e. The number of hydrogen-bond donors (Lipinski definition) is 0. The number of pyridine rings is 1. The summed E-state index contributed by atoms with van der Waals surface area (Å²) < 4.78 is 5.53. The molecule has 0 aliphatic rings. The van der Waals surface area contributed by atoms with E-state index >= 15 is 0 Å². The lowest BCUT2D eigenvalue weighted by Crippen LogP contribution is -2.02. The first kappa shape index (κ1) is 11.4. The quantitative estimate of drug-likeness (QED) is 0.698. The summed E-state index contributed by atoms with van der Waals surface area (Å²) in [7, 11) is 0. The largest absolute Gasteiger partial charge is 0.478 e. The highest BCUT2D eigenvalue weighted by atomic mass is 32.2. The highest BCUT2D eigenvalue weighted by molar-refractivity contribution is 7.98. The summed E-state index contributed by atoms with van der Waals surface area (Å²) in [5.74, 6) is 1.41.